The molecule has 0 heterocycles. The lowest BCUT2D eigenvalue weighted by Crippen LogP contribution is -2.29. The van der Waals surface area contributed by atoms with Crippen LogP contribution in [0.5, 0.6) is 0 Å². The first-order valence-corrected chi connectivity index (χ1v) is 14.5. The van der Waals surface area contributed by atoms with Gasteiger partial charge in [0.25, 0.3) is 0 Å². The van der Waals surface area contributed by atoms with Crippen LogP contribution in [0, 0.1) is 24.7 Å². The highest BCUT2D eigenvalue weighted by Crippen LogP contribution is 2.45. The Morgan fingerprint density at radius 1 is 0.750 bits per heavy atom. The third-order valence-corrected chi connectivity index (χ3v) is 9.89. The van der Waals surface area contributed by atoms with Crippen LogP contribution in [-0.4, -0.2) is 13.1 Å². The summed E-state index contributed by atoms with van der Waals surface area (Å²) in [4.78, 5) is 0. The predicted octanol–water partition coefficient (Wildman–Crippen LogP) is 8.90. The molecule has 32 heavy (non-hydrogen) atoms. The fraction of sp³-hybridized carbons (Fsp3) is 0.806. The molecule has 1 aromatic rings. The normalized spacial score (nSPS) is 33.8. The maximum atomic E-state index is 3.48. The molecular formula is C31H51N. The van der Waals surface area contributed by atoms with Crippen molar-refractivity contribution >= 4 is 0 Å². The van der Waals surface area contributed by atoms with Crippen LogP contribution in [0.1, 0.15) is 138 Å². The minimum absolute atomic E-state index is 0.748. The van der Waals surface area contributed by atoms with Gasteiger partial charge in [-0.25, -0.2) is 0 Å². The number of nitrogens with one attached hydrogen (secondary N) is 1. The van der Waals surface area contributed by atoms with Gasteiger partial charge in [-0.15, -0.1) is 0 Å². The van der Waals surface area contributed by atoms with E-state index < -0.39 is 0 Å². The summed E-state index contributed by atoms with van der Waals surface area (Å²) >= 11 is 0. The minimum Gasteiger partial charge on any atom is -0.317 e. The second kappa shape index (κ2) is 12.0. The molecule has 0 spiro atoms. The number of hydrogen-bond acceptors (Lipinski definition) is 1. The Kier molecular flexibility index (Phi) is 9.15. The topological polar surface area (TPSA) is 12.0 Å². The first kappa shape index (κ1) is 24.3. The molecule has 0 atom stereocenters. The van der Waals surface area contributed by atoms with Crippen molar-refractivity contribution in [1.82, 2.24) is 5.32 Å². The smallest absolute Gasteiger partial charge is 0.00644 e. The Morgan fingerprint density at radius 2 is 1.38 bits per heavy atom. The van der Waals surface area contributed by atoms with E-state index in [-0.39, 0.29) is 0 Å². The summed E-state index contributed by atoms with van der Waals surface area (Å²) in [5, 5.41) is 3.48. The van der Waals surface area contributed by atoms with Crippen LogP contribution >= 0.6 is 0 Å². The van der Waals surface area contributed by atoms with Gasteiger partial charge in [-0.3, -0.25) is 0 Å². The van der Waals surface area contributed by atoms with Gasteiger partial charge >= 0.3 is 0 Å². The van der Waals surface area contributed by atoms with Gasteiger partial charge in [-0.1, -0.05) is 63.6 Å². The first-order chi connectivity index (χ1) is 15.7. The third kappa shape index (κ3) is 6.19. The maximum absolute atomic E-state index is 3.48. The predicted molar refractivity (Wildman–Crippen MR) is 140 cm³/mol. The fourth-order valence-electron chi connectivity index (χ4n) is 7.66. The quantitative estimate of drug-likeness (QED) is 0.400. The number of aryl methyl sites for hydroxylation is 1. The molecule has 180 valence electrons. The van der Waals surface area contributed by atoms with Gasteiger partial charge in [0, 0.05) is 6.04 Å². The summed E-state index contributed by atoms with van der Waals surface area (Å²) in [6.45, 7) is 4.73. The number of unbranched alkanes of at least 4 members (excludes halogenated alkanes) is 2. The zero-order valence-corrected chi connectivity index (χ0v) is 21.5. The highest BCUT2D eigenvalue weighted by Gasteiger charge is 2.31. The van der Waals surface area contributed by atoms with E-state index in [1.54, 1.807) is 16.7 Å². The van der Waals surface area contributed by atoms with Crippen LogP contribution in [0.15, 0.2) is 18.2 Å². The van der Waals surface area contributed by atoms with Crippen molar-refractivity contribution in [2.24, 2.45) is 17.8 Å². The summed E-state index contributed by atoms with van der Waals surface area (Å²) in [6, 6.07) is 8.34. The number of hydrogen-bond donors (Lipinski definition) is 1. The van der Waals surface area contributed by atoms with Gasteiger partial charge in [0.2, 0.25) is 0 Å². The van der Waals surface area contributed by atoms with Gasteiger partial charge in [-0.2, -0.15) is 0 Å². The van der Waals surface area contributed by atoms with Gasteiger partial charge < -0.3 is 5.32 Å². The molecule has 3 fully saturated rings. The Labute approximate surface area is 199 Å². The molecule has 1 nitrogen and oxygen atoms in total. The molecular weight excluding hydrogens is 386 g/mol. The second-order valence-electron chi connectivity index (χ2n) is 11.8. The molecule has 0 bridgehead atoms. The lowest BCUT2D eigenvalue weighted by molar-refractivity contribution is 0.155. The second-order valence-corrected chi connectivity index (χ2v) is 11.8. The van der Waals surface area contributed by atoms with Crippen molar-refractivity contribution in [2.75, 3.05) is 7.05 Å². The minimum atomic E-state index is 0.748. The van der Waals surface area contributed by atoms with Crippen molar-refractivity contribution in [3.05, 3.63) is 34.9 Å². The van der Waals surface area contributed by atoms with Crippen molar-refractivity contribution in [1.29, 1.82) is 0 Å². The van der Waals surface area contributed by atoms with Crippen LogP contribution in [0.25, 0.3) is 0 Å². The molecule has 0 aliphatic heterocycles. The third-order valence-electron chi connectivity index (χ3n) is 9.89. The summed E-state index contributed by atoms with van der Waals surface area (Å²) in [5.41, 5.74) is 4.87. The van der Waals surface area contributed by atoms with Crippen LogP contribution in [0.3, 0.4) is 0 Å². The van der Waals surface area contributed by atoms with E-state index in [0.29, 0.717) is 0 Å². The maximum Gasteiger partial charge on any atom is 0.00644 e. The Bertz CT molecular complexity index is 670. The van der Waals surface area contributed by atoms with E-state index in [9.17, 15) is 0 Å². The van der Waals surface area contributed by atoms with Crippen LogP contribution in [0.2, 0.25) is 0 Å². The average molecular weight is 438 g/mol. The molecule has 3 saturated carbocycles. The van der Waals surface area contributed by atoms with Crippen molar-refractivity contribution in [2.45, 2.75) is 134 Å². The first-order valence-electron chi connectivity index (χ1n) is 14.5. The summed E-state index contributed by atoms with van der Waals surface area (Å²) in [6.07, 6.45) is 23.2. The fourth-order valence-corrected chi connectivity index (χ4v) is 7.66. The molecule has 3 aliphatic carbocycles. The van der Waals surface area contributed by atoms with E-state index in [4.69, 9.17) is 0 Å². The monoisotopic (exact) mass is 437 g/mol. The van der Waals surface area contributed by atoms with Gasteiger partial charge in [0.1, 0.15) is 0 Å². The molecule has 1 heteroatoms. The SMILES string of the molecule is CCCCCC1CCC(C2CCC(c3ccc(C4CCC(NC)CC4)cc3C)CC2)CC1. The highest BCUT2D eigenvalue weighted by molar-refractivity contribution is 5.35. The molecule has 3 aliphatic rings. The van der Waals surface area contributed by atoms with E-state index >= 15 is 0 Å². The van der Waals surface area contributed by atoms with Crippen molar-refractivity contribution in [3.63, 3.8) is 0 Å². The van der Waals surface area contributed by atoms with Crippen molar-refractivity contribution in [3.8, 4) is 0 Å². The summed E-state index contributed by atoms with van der Waals surface area (Å²) in [5.74, 6) is 4.76. The molecule has 0 aromatic heterocycles. The van der Waals surface area contributed by atoms with Crippen LogP contribution < -0.4 is 5.32 Å². The van der Waals surface area contributed by atoms with E-state index in [0.717, 1.165) is 35.6 Å². The summed E-state index contributed by atoms with van der Waals surface area (Å²) in [7, 11) is 2.12. The Hall–Kier alpha value is -0.820. The highest BCUT2D eigenvalue weighted by atomic mass is 14.9. The van der Waals surface area contributed by atoms with E-state index in [2.05, 4.69) is 44.4 Å². The molecule has 0 radical (unpaired) electrons. The van der Waals surface area contributed by atoms with Crippen LogP contribution in [-0.2, 0) is 0 Å². The lowest BCUT2D eigenvalue weighted by atomic mass is 9.67. The lowest BCUT2D eigenvalue weighted by Gasteiger charge is -2.38. The van der Waals surface area contributed by atoms with Gasteiger partial charge in [-0.05, 0) is 124 Å². The van der Waals surface area contributed by atoms with Gasteiger partial charge in [0.05, 0.1) is 0 Å². The largest absolute Gasteiger partial charge is 0.317 e. The molecule has 0 saturated heterocycles. The molecule has 1 N–H and O–H groups in total. The zero-order valence-electron chi connectivity index (χ0n) is 21.5. The summed E-state index contributed by atoms with van der Waals surface area (Å²) < 4.78 is 0. The molecule has 1 aromatic carbocycles. The van der Waals surface area contributed by atoms with E-state index in [1.807, 2.05) is 0 Å². The standard InChI is InChI=1S/C31H51N/c1-4-5-6-7-24-8-10-25(11-9-24)26-12-14-28(15-13-26)31-21-18-29(22-23(31)2)27-16-19-30(32-3)20-17-27/h18,21-22,24-28,30,32H,4-17,19-20H2,1-3H3. The number of rotatable bonds is 8. The molecule has 0 unspecified atom stereocenters. The van der Waals surface area contributed by atoms with Crippen LogP contribution in [0.4, 0.5) is 0 Å². The Morgan fingerprint density at radius 3 is 1.97 bits per heavy atom. The average Bonchev–Trinajstić information content (AvgIpc) is 2.85. The van der Waals surface area contributed by atoms with E-state index in [1.165, 1.54) is 103 Å². The molecule has 0 amide bonds. The zero-order chi connectivity index (χ0) is 22.3. The molecule has 4 rings (SSSR count). The van der Waals surface area contributed by atoms with Gasteiger partial charge in [0.15, 0.2) is 0 Å². The number of benzene rings is 1. The van der Waals surface area contributed by atoms with Crippen molar-refractivity contribution < 1.29 is 0 Å². The Balaban J connectivity index is 1.24.